The quantitative estimate of drug-likeness (QED) is 0.803. The molecule has 0 fully saturated rings. The van der Waals surface area contributed by atoms with Gasteiger partial charge in [-0.05, 0) is 12.1 Å². The van der Waals surface area contributed by atoms with E-state index in [2.05, 4.69) is 11.9 Å². The van der Waals surface area contributed by atoms with Crippen LogP contribution in [0.2, 0.25) is 5.02 Å². The Bertz CT molecular complexity index is 404. The Morgan fingerprint density at radius 3 is 2.80 bits per heavy atom. The van der Waals surface area contributed by atoms with Crippen LogP contribution in [0.25, 0.3) is 0 Å². The Morgan fingerprint density at radius 2 is 2.20 bits per heavy atom. The van der Waals surface area contributed by atoms with Crippen molar-refractivity contribution >= 4 is 34.8 Å². The lowest BCUT2D eigenvalue weighted by Gasteiger charge is -2.07. The van der Waals surface area contributed by atoms with Gasteiger partial charge in [-0.15, -0.1) is 0 Å². The maximum atomic E-state index is 11.6. The molecule has 0 bridgehead atoms. The summed E-state index contributed by atoms with van der Waals surface area (Å²) in [5, 5.41) is 3.26. The van der Waals surface area contributed by atoms with Gasteiger partial charge < -0.3 is 11.1 Å². The van der Waals surface area contributed by atoms with Gasteiger partial charge in [-0.2, -0.15) is 0 Å². The summed E-state index contributed by atoms with van der Waals surface area (Å²) in [5.41, 5.74) is 6.24. The standard InChI is InChI=1S/C10H10Cl2N2O/c1-6(11)5-14-10(15)7-3-2-4-8(12)9(7)13/h2-4H,1,5,13H2,(H,14,15). The number of rotatable bonds is 3. The summed E-state index contributed by atoms with van der Waals surface area (Å²) in [6, 6.07) is 4.87. The fraction of sp³-hybridized carbons (Fsp3) is 0.100. The fourth-order valence-electron chi connectivity index (χ4n) is 1.01. The number of carbonyl (C=O) groups is 1. The third-order valence-electron chi connectivity index (χ3n) is 1.74. The molecule has 80 valence electrons. The molecule has 0 aliphatic heterocycles. The smallest absolute Gasteiger partial charge is 0.253 e. The number of halogens is 2. The van der Waals surface area contributed by atoms with E-state index in [0.717, 1.165) is 0 Å². The van der Waals surface area contributed by atoms with Gasteiger partial charge >= 0.3 is 0 Å². The lowest BCUT2D eigenvalue weighted by atomic mass is 10.1. The molecule has 0 aliphatic carbocycles. The zero-order chi connectivity index (χ0) is 11.4. The van der Waals surface area contributed by atoms with Gasteiger partial charge in [0.1, 0.15) is 0 Å². The zero-order valence-electron chi connectivity index (χ0n) is 7.89. The first-order valence-electron chi connectivity index (χ1n) is 4.18. The van der Waals surface area contributed by atoms with E-state index < -0.39 is 0 Å². The third kappa shape index (κ3) is 3.15. The fourth-order valence-corrected chi connectivity index (χ4v) is 1.25. The monoisotopic (exact) mass is 244 g/mol. The van der Waals surface area contributed by atoms with Gasteiger partial charge in [0, 0.05) is 5.03 Å². The van der Waals surface area contributed by atoms with Crippen LogP contribution in [-0.4, -0.2) is 12.5 Å². The van der Waals surface area contributed by atoms with E-state index in [1.807, 2.05) is 0 Å². The third-order valence-corrected chi connectivity index (χ3v) is 2.20. The molecule has 15 heavy (non-hydrogen) atoms. The Balaban J connectivity index is 2.82. The highest BCUT2D eigenvalue weighted by molar-refractivity contribution is 6.34. The minimum Gasteiger partial charge on any atom is -0.397 e. The summed E-state index contributed by atoms with van der Waals surface area (Å²) in [7, 11) is 0. The summed E-state index contributed by atoms with van der Waals surface area (Å²) in [4.78, 5) is 11.6. The largest absolute Gasteiger partial charge is 0.397 e. The van der Waals surface area contributed by atoms with Crippen LogP contribution in [0.3, 0.4) is 0 Å². The van der Waals surface area contributed by atoms with Crippen LogP contribution in [0.5, 0.6) is 0 Å². The highest BCUT2D eigenvalue weighted by atomic mass is 35.5. The molecule has 0 radical (unpaired) electrons. The van der Waals surface area contributed by atoms with Crippen LogP contribution in [-0.2, 0) is 0 Å². The van der Waals surface area contributed by atoms with Crippen LogP contribution in [0.4, 0.5) is 5.69 Å². The zero-order valence-corrected chi connectivity index (χ0v) is 9.40. The maximum Gasteiger partial charge on any atom is 0.253 e. The molecule has 1 rings (SSSR count). The second kappa shape index (κ2) is 5.05. The molecule has 3 nitrogen and oxygen atoms in total. The number of nitrogens with two attached hydrogens (primary N) is 1. The van der Waals surface area contributed by atoms with Crippen molar-refractivity contribution in [2.24, 2.45) is 0 Å². The van der Waals surface area contributed by atoms with Crippen molar-refractivity contribution in [3.63, 3.8) is 0 Å². The van der Waals surface area contributed by atoms with Gasteiger partial charge in [0.2, 0.25) is 0 Å². The van der Waals surface area contributed by atoms with Crippen molar-refractivity contribution in [1.29, 1.82) is 0 Å². The molecule has 0 saturated heterocycles. The van der Waals surface area contributed by atoms with Crippen molar-refractivity contribution in [1.82, 2.24) is 5.32 Å². The SMILES string of the molecule is C=C(Cl)CNC(=O)c1cccc(Cl)c1N. The predicted octanol–water partition coefficient (Wildman–Crippen LogP) is 2.40. The normalized spacial score (nSPS) is 9.73. The Hall–Kier alpha value is -1.19. The van der Waals surface area contributed by atoms with E-state index in [1.54, 1.807) is 18.2 Å². The highest BCUT2D eigenvalue weighted by Gasteiger charge is 2.10. The van der Waals surface area contributed by atoms with E-state index in [4.69, 9.17) is 28.9 Å². The van der Waals surface area contributed by atoms with Crippen molar-refractivity contribution in [3.05, 3.63) is 40.4 Å². The highest BCUT2D eigenvalue weighted by Crippen LogP contribution is 2.22. The number of hydrogen-bond donors (Lipinski definition) is 2. The summed E-state index contributed by atoms with van der Waals surface area (Å²) in [5.74, 6) is -0.322. The molecule has 0 unspecified atom stereocenters. The molecular weight excluding hydrogens is 235 g/mol. The molecule has 3 N–H and O–H groups in total. The first-order chi connectivity index (χ1) is 7.02. The predicted molar refractivity (Wildman–Crippen MR) is 63.2 cm³/mol. The van der Waals surface area contributed by atoms with Crippen LogP contribution < -0.4 is 11.1 Å². The minimum absolute atomic E-state index is 0.201. The Morgan fingerprint density at radius 1 is 1.53 bits per heavy atom. The molecule has 1 aromatic rings. The van der Waals surface area contributed by atoms with Crippen LogP contribution in [0, 0.1) is 0 Å². The first-order valence-corrected chi connectivity index (χ1v) is 4.93. The lowest BCUT2D eigenvalue weighted by molar-refractivity contribution is 0.0958. The van der Waals surface area contributed by atoms with Crippen molar-refractivity contribution in [3.8, 4) is 0 Å². The number of nitrogen functional groups attached to an aromatic ring is 1. The molecule has 0 saturated carbocycles. The summed E-state index contributed by atoms with van der Waals surface area (Å²) in [6.45, 7) is 3.65. The molecule has 0 atom stereocenters. The molecule has 0 heterocycles. The number of para-hydroxylation sites is 1. The molecule has 0 aliphatic rings. The van der Waals surface area contributed by atoms with Gasteiger partial charge in [0.15, 0.2) is 0 Å². The molecular formula is C10H10Cl2N2O. The molecule has 1 amide bonds. The first kappa shape index (κ1) is 11.9. The lowest BCUT2D eigenvalue weighted by Crippen LogP contribution is -2.25. The van der Waals surface area contributed by atoms with E-state index in [-0.39, 0.29) is 18.1 Å². The second-order valence-corrected chi connectivity index (χ2v) is 3.84. The molecule has 0 spiro atoms. The van der Waals surface area contributed by atoms with Crippen LogP contribution in [0.15, 0.2) is 29.8 Å². The second-order valence-electron chi connectivity index (χ2n) is 2.90. The molecule has 1 aromatic carbocycles. The van der Waals surface area contributed by atoms with Gasteiger partial charge in [0.05, 0.1) is 22.8 Å². The van der Waals surface area contributed by atoms with Gasteiger partial charge in [-0.1, -0.05) is 35.8 Å². The molecule has 5 heteroatoms. The van der Waals surface area contributed by atoms with E-state index >= 15 is 0 Å². The summed E-state index contributed by atoms with van der Waals surface area (Å²) in [6.07, 6.45) is 0. The number of nitrogens with one attached hydrogen (secondary N) is 1. The van der Waals surface area contributed by atoms with Crippen LogP contribution in [0.1, 0.15) is 10.4 Å². The van der Waals surface area contributed by atoms with Crippen molar-refractivity contribution in [2.45, 2.75) is 0 Å². The van der Waals surface area contributed by atoms with E-state index in [0.29, 0.717) is 15.6 Å². The van der Waals surface area contributed by atoms with Gasteiger partial charge in [-0.25, -0.2) is 0 Å². The van der Waals surface area contributed by atoms with Gasteiger partial charge in [-0.3, -0.25) is 4.79 Å². The number of hydrogen-bond acceptors (Lipinski definition) is 2. The Kier molecular flexibility index (Phi) is 4.00. The number of carbonyl (C=O) groups excluding carboxylic acids is 1. The van der Waals surface area contributed by atoms with E-state index in [1.165, 1.54) is 0 Å². The number of amides is 1. The average Bonchev–Trinajstić information content (AvgIpc) is 2.18. The van der Waals surface area contributed by atoms with Crippen LogP contribution >= 0.6 is 23.2 Å². The minimum atomic E-state index is -0.322. The van der Waals surface area contributed by atoms with E-state index in [9.17, 15) is 4.79 Å². The number of benzene rings is 1. The Labute approximate surface area is 97.9 Å². The molecule has 0 aromatic heterocycles. The van der Waals surface area contributed by atoms with Gasteiger partial charge in [0.25, 0.3) is 5.91 Å². The summed E-state index contributed by atoms with van der Waals surface area (Å²) >= 11 is 11.3. The van der Waals surface area contributed by atoms with Crippen molar-refractivity contribution in [2.75, 3.05) is 12.3 Å². The maximum absolute atomic E-state index is 11.6. The summed E-state index contributed by atoms with van der Waals surface area (Å²) < 4.78 is 0. The van der Waals surface area contributed by atoms with Crippen molar-refractivity contribution < 1.29 is 4.79 Å². The number of anilines is 1. The topological polar surface area (TPSA) is 55.1 Å². The average molecular weight is 245 g/mol.